The minimum Gasteiger partial charge on any atom is -0.333 e. The zero-order valence-electron chi connectivity index (χ0n) is 13.6. The number of aromatic nitrogens is 1. The molecule has 1 aliphatic heterocycles. The molecule has 2 aliphatic rings. The Balaban J connectivity index is 1.45. The summed E-state index contributed by atoms with van der Waals surface area (Å²) in [5.74, 6) is 0.188. The summed E-state index contributed by atoms with van der Waals surface area (Å²) in [6.07, 6.45) is 3.78. The van der Waals surface area contributed by atoms with Crippen molar-refractivity contribution < 1.29 is 9.59 Å². The zero-order valence-corrected chi connectivity index (χ0v) is 15.2. The van der Waals surface area contributed by atoms with Crippen LogP contribution in [0.2, 0.25) is 5.02 Å². The SMILES string of the molecule is O=C(Nc1nc2c(s1)CN(C(=O)c1cccc(Cl)c1)CC2)C1CCC1. The van der Waals surface area contributed by atoms with E-state index in [0.717, 1.165) is 29.8 Å². The molecule has 2 heterocycles. The van der Waals surface area contributed by atoms with Crippen molar-refractivity contribution in [2.24, 2.45) is 5.92 Å². The molecule has 130 valence electrons. The molecule has 7 heteroatoms. The topological polar surface area (TPSA) is 62.3 Å². The van der Waals surface area contributed by atoms with Crippen LogP contribution in [0.3, 0.4) is 0 Å². The molecule has 1 fully saturated rings. The van der Waals surface area contributed by atoms with Gasteiger partial charge in [0.05, 0.1) is 12.2 Å². The highest BCUT2D eigenvalue weighted by Crippen LogP contribution is 2.32. The van der Waals surface area contributed by atoms with Gasteiger partial charge in [0.25, 0.3) is 5.91 Å². The van der Waals surface area contributed by atoms with E-state index >= 15 is 0 Å². The van der Waals surface area contributed by atoms with Gasteiger partial charge < -0.3 is 10.2 Å². The van der Waals surface area contributed by atoms with Crippen molar-refractivity contribution in [3.05, 3.63) is 45.4 Å². The van der Waals surface area contributed by atoms with E-state index in [1.165, 1.54) is 11.3 Å². The second kappa shape index (κ2) is 6.77. The van der Waals surface area contributed by atoms with Crippen LogP contribution in [-0.4, -0.2) is 28.2 Å². The zero-order chi connectivity index (χ0) is 17.4. The van der Waals surface area contributed by atoms with Gasteiger partial charge in [0, 0.05) is 34.3 Å². The van der Waals surface area contributed by atoms with Crippen molar-refractivity contribution >= 4 is 39.9 Å². The molecule has 1 aromatic carbocycles. The lowest BCUT2D eigenvalue weighted by Crippen LogP contribution is -2.35. The van der Waals surface area contributed by atoms with Gasteiger partial charge in [-0.1, -0.05) is 35.4 Å². The van der Waals surface area contributed by atoms with Crippen LogP contribution in [0, 0.1) is 5.92 Å². The van der Waals surface area contributed by atoms with E-state index in [1.54, 1.807) is 24.3 Å². The van der Waals surface area contributed by atoms with Crippen molar-refractivity contribution in [2.45, 2.75) is 32.2 Å². The Morgan fingerprint density at radius 3 is 2.88 bits per heavy atom. The van der Waals surface area contributed by atoms with Gasteiger partial charge in [-0.2, -0.15) is 0 Å². The summed E-state index contributed by atoms with van der Waals surface area (Å²) in [4.78, 5) is 32.1. The molecule has 1 saturated carbocycles. The number of carbonyl (C=O) groups is 2. The number of hydrogen-bond donors (Lipinski definition) is 1. The maximum atomic E-state index is 12.7. The summed E-state index contributed by atoms with van der Waals surface area (Å²) in [6, 6.07) is 7.01. The average Bonchev–Trinajstić information content (AvgIpc) is 2.93. The largest absolute Gasteiger partial charge is 0.333 e. The Bertz CT molecular complexity index is 831. The Morgan fingerprint density at radius 1 is 1.32 bits per heavy atom. The van der Waals surface area contributed by atoms with E-state index in [4.69, 9.17) is 11.6 Å². The van der Waals surface area contributed by atoms with Gasteiger partial charge in [-0.25, -0.2) is 4.98 Å². The molecule has 2 aromatic rings. The number of fused-ring (bicyclic) bond motifs is 1. The van der Waals surface area contributed by atoms with E-state index < -0.39 is 0 Å². The number of nitrogens with one attached hydrogen (secondary N) is 1. The molecular formula is C18H18ClN3O2S. The first-order valence-corrected chi connectivity index (χ1v) is 9.64. The standard InChI is InChI=1S/C18H18ClN3O2S/c19-13-6-2-5-12(9-13)17(24)22-8-7-14-15(10-22)25-18(20-14)21-16(23)11-3-1-4-11/h2,5-6,9,11H,1,3-4,7-8,10H2,(H,20,21,23). The van der Waals surface area contributed by atoms with Crippen LogP contribution < -0.4 is 5.32 Å². The molecule has 0 saturated heterocycles. The molecule has 25 heavy (non-hydrogen) atoms. The number of rotatable bonds is 3. The lowest BCUT2D eigenvalue weighted by molar-refractivity contribution is -0.122. The van der Waals surface area contributed by atoms with Gasteiger partial charge in [0.2, 0.25) is 5.91 Å². The van der Waals surface area contributed by atoms with Gasteiger partial charge in [0.1, 0.15) is 0 Å². The van der Waals surface area contributed by atoms with Gasteiger partial charge in [-0.3, -0.25) is 9.59 Å². The van der Waals surface area contributed by atoms with Crippen LogP contribution in [0.5, 0.6) is 0 Å². The highest BCUT2D eigenvalue weighted by Gasteiger charge is 2.28. The van der Waals surface area contributed by atoms with Crippen molar-refractivity contribution in [1.82, 2.24) is 9.88 Å². The second-order valence-electron chi connectivity index (χ2n) is 6.49. The third-order valence-corrected chi connectivity index (χ3v) is 6.03. The van der Waals surface area contributed by atoms with E-state index in [2.05, 4.69) is 10.3 Å². The molecular weight excluding hydrogens is 358 g/mol. The van der Waals surface area contributed by atoms with Crippen LogP contribution in [0.15, 0.2) is 24.3 Å². The van der Waals surface area contributed by atoms with Crippen LogP contribution >= 0.6 is 22.9 Å². The normalized spacial score (nSPS) is 16.9. The molecule has 0 spiro atoms. The first-order valence-electron chi connectivity index (χ1n) is 8.44. The van der Waals surface area contributed by atoms with Crippen LogP contribution in [0.25, 0.3) is 0 Å². The molecule has 0 atom stereocenters. The van der Waals surface area contributed by atoms with Gasteiger partial charge in [0.15, 0.2) is 5.13 Å². The maximum Gasteiger partial charge on any atom is 0.254 e. The fourth-order valence-electron chi connectivity index (χ4n) is 3.10. The van der Waals surface area contributed by atoms with Crippen LogP contribution in [-0.2, 0) is 17.8 Å². The molecule has 0 bridgehead atoms. The summed E-state index contributed by atoms with van der Waals surface area (Å²) in [6.45, 7) is 1.15. The third kappa shape index (κ3) is 3.41. The summed E-state index contributed by atoms with van der Waals surface area (Å²) < 4.78 is 0. The van der Waals surface area contributed by atoms with Crippen LogP contribution in [0.4, 0.5) is 5.13 Å². The lowest BCUT2D eigenvalue weighted by Gasteiger charge is -2.26. The highest BCUT2D eigenvalue weighted by atomic mass is 35.5. The monoisotopic (exact) mass is 375 g/mol. The molecule has 5 nitrogen and oxygen atoms in total. The predicted molar refractivity (Wildman–Crippen MR) is 98.0 cm³/mol. The quantitative estimate of drug-likeness (QED) is 0.889. The van der Waals surface area contributed by atoms with E-state index in [1.807, 2.05) is 4.90 Å². The summed E-state index contributed by atoms with van der Waals surface area (Å²) in [5, 5.41) is 4.14. The molecule has 0 unspecified atom stereocenters. The Labute approximate surface area is 155 Å². The third-order valence-electron chi connectivity index (χ3n) is 4.80. The van der Waals surface area contributed by atoms with E-state index in [0.29, 0.717) is 35.2 Å². The predicted octanol–water partition coefficient (Wildman–Crippen LogP) is 3.73. The number of carbonyl (C=O) groups excluding carboxylic acids is 2. The molecule has 1 N–H and O–H groups in total. The van der Waals surface area contributed by atoms with Gasteiger partial charge in [-0.15, -0.1) is 0 Å². The first-order chi connectivity index (χ1) is 12.1. The van der Waals surface area contributed by atoms with Gasteiger partial charge in [-0.05, 0) is 31.0 Å². The summed E-state index contributed by atoms with van der Waals surface area (Å²) in [7, 11) is 0. The molecule has 1 aromatic heterocycles. The summed E-state index contributed by atoms with van der Waals surface area (Å²) in [5.41, 5.74) is 1.59. The minimum atomic E-state index is -0.0263. The number of amides is 2. The van der Waals surface area contributed by atoms with Crippen molar-refractivity contribution in [3.8, 4) is 0 Å². The number of hydrogen-bond acceptors (Lipinski definition) is 4. The van der Waals surface area contributed by atoms with Crippen molar-refractivity contribution in [2.75, 3.05) is 11.9 Å². The number of halogens is 1. The maximum absolute atomic E-state index is 12.7. The van der Waals surface area contributed by atoms with Crippen molar-refractivity contribution in [1.29, 1.82) is 0 Å². The summed E-state index contributed by atoms with van der Waals surface area (Å²) >= 11 is 7.46. The lowest BCUT2D eigenvalue weighted by atomic mass is 9.85. The van der Waals surface area contributed by atoms with Crippen LogP contribution in [0.1, 0.15) is 40.2 Å². The number of thiazole rings is 1. The highest BCUT2D eigenvalue weighted by molar-refractivity contribution is 7.15. The Hall–Kier alpha value is -1.92. The second-order valence-corrected chi connectivity index (χ2v) is 8.01. The number of nitrogens with zero attached hydrogens (tertiary/aromatic N) is 2. The minimum absolute atomic E-state index is 0.0263. The first kappa shape index (κ1) is 16.5. The Kier molecular flexibility index (Phi) is 4.48. The molecule has 1 aliphatic carbocycles. The number of anilines is 1. The smallest absolute Gasteiger partial charge is 0.254 e. The number of benzene rings is 1. The fraction of sp³-hybridized carbons (Fsp3) is 0.389. The van der Waals surface area contributed by atoms with E-state index in [-0.39, 0.29) is 17.7 Å². The van der Waals surface area contributed by atoms with Crippen molar-refractivity contribution in [3.63, 3.8) is 0 Å². The fourth-order valence-corrected chi connectivity index (χ4v) is 4.32. The Morgan fingerprint density at radius 2 is 2.16 bits per heavy atom. The molecule has 2 amide bonds. The van der Waals surface area contributed by atoms with Gasteiger partial charge >= 0.3 is 0 Å². The molecule has 4 rings (SSSR count). The average molecular weight is 376 g/mol. The van der Waals surface area contributed by atoms with E-state index in [9.17, 15) is 9.59 Å². The molecule has 0 radical (unpaired) electrons.